The van der Waals surface area contributed by atoms with E-state index in [2.05, 4.69) is 9.47 Å². The van der Waals surface area contributed by atoms with Crippen molar-refractivity contribution in [3.8, 4) is 0 Å². The number of esters is 2. The number of fused-ring (bicyclic) bond motifs is 2. The molecule has 0 heterocycles. The lowest BCUT2D eigenvalue weighted by Crippen LogP contribution is -3.02. The molecule has 2 aliphatic rings. The predicted molar refractivity (Wildman–Crippen MR) is 80.5 cm³/mol. The van der Waals surface area contributed by atoms with E-state index >= 15 is 39.5 Å². The third kappa shape index (κ3) is 2.55. The number of hydrogen-bond acceptors (Lipinski definition) is 6. The van der Waals surface area contributed by atoms with Crippen LogP contribution in [-0.2, 0) is 19.1 Å². The predicted octanol–water partition coefficient (Wildman–Crippen LogP) is 2.53. The zero-order valence-corrected chi connectivity index (χ0v) is 16.9. The maximum atomic E-state index is 15.5. The van der Waals surface area contributed by atoms with Gasteiger partial charge in [0.1, 0.15) is 6.61 Å². The molecule has 0 aliphatic heterocycles. The van der Waals surface area contributed by atoms with Crippen LogP contribution in [0.3, 0.4) is 0 Å². The van der Waals surface area contributed by atoms with Gasteiger partial charge in [-0.1, -0.05) is 0 Å². The van der Waals surface area contributed by atoms with E-state index in [-0.39, 0.29) is 0 Å². The van der Waals surface area contributed by atoms with Gasteiger partial charge >= 0.3 is 41.2 Å². The van der Waals surface area contributed by atoms with Gasteiger partial charge in [-0.25, -0.2) is 31.5 Å². The van der Waals surface area contributed by atoms with E-state index in [9.17, 15) is 32.3 Å². The van der Waals surface area contributed by atoms with Gasteiger partial charge in [0.2, 0.25) is 0 Å². The standard InChI is InChI=1S/C16H13F13O6/c1-8(19)10(20,7(17)18)15(26,27)12(35-6(32)4-34-5(31)3-30)14(24,25)9(2,33)13(22,23)11(8,21)16(12,28)29/h7,30,33H,3-4H2,1-2H3. The average molecular weight is 548 g/mol. The number of halogens is 13. The second-order valence-corrected chi connectivity index (χ2v) is 8.02. The van der Waals surface area contributed by atoms with Gasteiger partial charge in [0, 0.05) is 0 Å². The summed E-state index contributed by atoms with van der Waals surface area (Å²) in [5.41, 5.74) is -33.6. The Morgan fingerprint density at radius 2 is 1.23 bits per heavy atom. The van der Waals surface area contributed by atoms with E-state index < -0.39 is 97.3 Å². The molecule has 2 fully saturated rings. The summed E-state index contributed by atoms with van der Waals surface area (Å²) in [6.45, 7) is -6.18. The van der Waals surface area contributed by atoms with E-state index in [0.29, 0.717) is 0 Å². The summed E-state index contributed by atoms with van der Waals surface area (Å²) < 4.78 is 199. The van der Waals surface area contributed by atoms with Crippen LogP contribution < -0.4 is 0 Å². The molecule has 0 radical (unpaired) electrons. The maximum absolute atomic E-state index is 15.5. The smallest absolute Gasteiger partial charge is 0.345 e. The number of carbonyl (C=O) groups is 2. The van der Waals surface area contributed by atoms with Crippen LogP contribution >= 0.6 is 0 Å². The Morgan fingerprint density at radius 1 is 0.771 bits per heavy atom. The minimum Gasteiger partial charge on any atom is -0.452 e. The van der Waals surface area contributed by atoms with Crippen LogP contribution in [0, 0.1) is 0 Å². The molecule has 0 aromatic carbocycles. The molecule has 0 aromatic heterocycles. The highest BCUT2D eigenvalue weighted by Crippen LogP contribution is 2.80. The number of aliphatic hydroxyl groups excluding tert-OH is 1. The molecule has 2 aliphatic carbocycles. The molecule has 2 bridgehead atoms. The molecule has 204 valence electrons. The van der Waals surface area contributed by atoms with Crippen molar-refractivity contribution in [1.29, 1.82) is 0 Å². The SMILES string of the molecule is CC1(O)C(F)(F)C2(F)C(C)(F)C(F)(C(F)F)C(F)(F)C(OC(=O)COC(=O)CO)(C1(F)F)C2(F)F. The number of alkyl halides is 13. The highest BCUT2D eigenvalue weighted by molar-refractivity contribution is 5.77. The highest BCUT2D eigenvalue weighted by atomic mass is 19.3. The lowest BCUT2D eigenvalue weighted by atomic mass is 9.46. The lowest BCUT2D eigenvalue weighted by Gasteiger charge is -2.69. The topological polar surface area (TPSA) is 93.1 Å². The largest absolute Gasteiger partial charge is 0.452 e. The second kappa shape index (κ2) is 7.25. The highest BCUT2D eigenvalue weighted by Gasteiger charge is 3.12. The molecule has 6 nitrogen and oxygen atoms in total. The van der Waals surface area contributed by atoms with Crippen molar-refractivity contribution < 1.29 is 86.4 Å². The van der Waals surface area contributed by atoms with E-state index in [1.165, 1.54) is 0 Å². The van der Waals surface area contributed by atoms with Crippen LogP contribution in [0.5, 0.6) is 0 Å². The number of rotatable bonds is 5. The fraction of sp³-hybridized carbons (Fsp3) is 0.875. The molecular formula is C16H13F13O6. The molecule has 2 saturated carbocycles. The minimum absolute atomic E-state index is 0.995. The molecule has 0 amide bonds. The summed E-state index contributed by atoms with van der Waals surface area (Å²) in [4.78, 5) is 22.5. The fourth-order valence-electron chi connectivity index (χ4n) is 4.22. The van der Waals surface area contributed by atoms with E-state index in [4.69, 9.17) is 5.11 Å². The van der Waals surface area contributed by atoms with Gasteiger partial charge in [-0.15, -0.1) is 0 Å². The summed E-state index contributed by atoms with van der Waals surface area (Å²) in [5.74, 6) is -34.1. The first kappa shape index (κ1) is 29.2. The Morgan fingerprint density at radius 3 is 1.63 bits per heavy atom. The Balaban J connectivity index is 3.09. The minimum atomic E-state index is -7.49. The van der Waals surface area contributed by atoms with Crippen molar-refractivity contribution in [2.75, 3.05) is 13.2 Å². The van der Waals surface area contributed by atoms with Crippen molar-refractivity contribution in [3.05, 3.63) is 0 Å². The van der Waals surface area contributed by atoms with Gasteiger partial charge in [-0.2, -0.15) is 35.1 Å². The molecule has 5 unspecified atom stereocenters. The van der Waals surface area contributed by atoms with Crippen LogP contribution in [0.4, 0.5) is 57.1 Å². The van der Waals surface area contributed by atoms with Crippen molar-refractivity contribution in [2.24, 2.45) is 0 Å². The first-order chi connectivity index (χ1) is 15.3. The van der Waals surface area contributed by atoms with Crippen LogP contribution in [0.15, 0.2) is 0 Å². The summed E-state index contributed by atoms with van der Waals surface area (Å²) in [6.07, 6.45) is -5.81. The molecule has 0 spiro atoms. The average Bonchev–Trinajstić information content (AvgIpc) is 2.71. The van der Waals surface area contributed by atoms with Crippen LogP contribution in [0.2, 0.25) is 0 Å². The Bertz CT molecular complexity index is 912. The number of carbonyl (C=O) groups excluding carboxylic acids is 2. The van der Waals surface area contributed by atoms with Crippen molar-refractivity contribution in [3.63, 3.8) is 0 Å². The summed E-state index contributed by atoms with van der Waals surface area (Å²) in [5, 5.41) is 18.0. The normalized spacial score (nSPS) is 42.9. The Kier molecular flexibility index (Phi) is 6.05. The molecule has 0 saturated heterocycles. The molecule has 0 aromatic rings. The first-order valence-electron chi connectivity index (χ1n) is 8.86. The van der Waals surface area contributed by atoms with Gasteiger partial charge in [0.05, 0.1) is 0 Å². The van der Waals surface area contributed by atoms with Crippen LogP contribution in [-0.4, -0.2) is 93.7 Å². The molecule has 5 atom stereocenters. The van der Waals surface area contributed by atoms with Crippen molar-refractivity contribution in [2.45, 2.75) is 72.2 Å². The van der Waals surface area contributed by atoms with Gasteiger partial charge in [-0.3, -0.25) is 0 Å². The lowest BCUT2D eigenvalue weighted by molar-refractivity contribution is -0.543. The summed E-state index contributed by atoms with van der Waals surface area (Å²) >= 11 is 0. The van der Waals surface area contributed by atoms with Gasteiger partial charge in [0.15, 0.2) is 17.9 Å². The maximum Gasteiger partial charge on any atom is 0.345 e. The van der Waals surface area contributed by atoms with Crippen LogP contribution in [0.1, 0.15) is 13.8 Å². The van der Waals surface area contributed by atoms with Gasteiger partial charge in [0.25, 0.3) is 17.8 Å². The molecule has 2 rings (SSSR count). The van der Waals surface area contributed by atoms with Crippen molar-refractivity contribution in [1.82, 2.24) is 0 Å². The Hall–Kier alpha value is -2.05. The summed E-state index contributed by atoms with van der Waals surface area (Å²) in [7, 11) is 0. The monoisotopic (exact) mass is 548 g/mol. The number of ether oxygens (including phenoxy) is 2. The quantitative estimate of drug-likeness (QED) is 0.406. The molecule has 19 heteroatoms. The number of aliphatic hydroxyl groups is 2. The third-order valence-corrected chi connectivity index (χ3v) is 6.25. The summed E-state index contributed by atoms with van der Waals surface area (Å²) in [6, 6.07) is 0. The molecule has 35 heavy (non-hydrogen) atoms. The number of hydrogen-bond donors (Lipinski definition) is 2. The van der Waals surface area contributed by atoms with Gasteiger partial charge < -0.3 is 19.7 Å². The molecule has 2 N–H and O–H groups in total. The van der Waals surface area contributed by atoms with E-state index in [0.717, 1.165) is 0 Å². The van der Waals surface area contributed by atoms with Crippen molar-refractivity contribution >= 4 is 11.9 Å². The zero-order valence-electron chi connectivity index (χ0n) is 16.9. The van der Waals surface area contributed by atoms with E-state index in [1.807, 2.05) is 0 Å². The van der Waals surface area contributed by atoms with Crippen LogP contribution in [0.25, 0.3) is 0 Å². The molecular weight excluding hydrogens is 535 g/mol. The third-order valence-electron chi connectivity index (χ3n) is 6.25. The van der Waals surface area contributed by atoms with Gasteiger partial charge in [-0.05, 0) is 13.8 Å². The zero-order chi connectivity index (χ0) is 28.1. The first-order valence-corrected chi connectivity index (χ1v) is 8.86. The second-order valence-electron chi connectivity index (χ2n) is 8.02. The Labute approximate surface area is 184 Å². The van der Waals surface area contributed by atoms with E-state index in [1.54, 1.807) is 0 Å². The fourth-order valence-corrected chi connectivity index (χ4v) is 4.22.